The number of carbonyl (C=O) groups is 4. The van der Waals surface area contributed by atoms with Crippen molar-refractivity contribution in [3.63, 3.8) is 0 Å². The first-order valence-electron chi connectivity index (χ1n) is 9.44. The van der Waals surface area contributed by atoms with Crippen molar-refractivity contribution < 1.29 is 38.1 Å². The van der Waals surface area contributed by atoms with Gasteiger partial charge in [-0.1, -0.05) is 0 Å². The largest absolute Gasteiger partial charge is 0.463 e. The summed E-state index contributed by atoms with van der Waals surface area (Å²) < 4.78 is 22.5. The number of fused-ring (bicyclic) bond motifs is 1. The van der Waals surface area contributed by atoms with Crippen molar-refractivity contribution in [3.05, 3.63) is 16.8 Å². The van der Waals surface area contributed by atoms with Crippen molar-refractivity contribution >= 4 is 40.8 Å². The SMILES string of the molecule is CC(=O)Nc1ncnc2c1[nH]c(=O)n2[C@@H]1O[C@H](COC(C)=O)[C@H](OC(C)=O)C1OC(C)=O. The second kappa shape index (κ2) is 9.13. The smallest absolute Gasteiger partial charge is 0.330 e. The van der Waals surface area contributed by atoms with Crippen LogP contribution in [0.15, 0.2) is 11.1 Å². The van der Waals surface area contributed by atoms with Gasteiger partial charge in [0.05, 0.1) is 0 Å². The van der Waals surface area contributed by atoms with Crippen molar-refractivity contribution in [2.45, 2.75) is 52.2 Å². The van der Waals surface area contributed by atoms with Gasteiger partial charge >= 0.3 is 23.6 Å². The number of nitrogens with zero attached hydrogens (tertiary/aromatic N) is 3. The molecule has 1 saturated heterocycles. The fraction of sp³-hybridized carbons (Fsp3) is 0.500. The van der Waals surface area contributed by atoms with Gasteiger partial charge in [0.15, 0.2) is 29.9 Å². The van der Waals surface area contributed by atoms with Crippen LogP contribution in [0.25, 0.3) is 11.2 Å². The molecule has 0 aliphatic carbocycles. The summed E-state index contributed by atoms with van der Waals surface area (Å²) in [5.74, 6) is -2.42. The number of anilines is 1. The zero-order valence-corrected chi connectivity index (χ0v) is 17.6. The van der Waals surface area contributed by atoms with Crippen LogP contribution in [0.1, 0.15) is 33.9 Å². The van der Waals surface area contributed by atoms with Crippen molar-refractivity contribution in [1.82, 2.24) is 19.5 Å². The van der Waals surface area contributed by atoms with E-state index in [1.807, 2.05) is 0 Å². The molecule has 0 spiro atoms. The molecular formula is C18H21N5O9. The highest BCUT2D eigenvalue weighted by Gasteiger charge is 2.51. The maximum absolute atomic E-state index is 12.8. The third-order valence-corrected chi connectivity index (χ3v) is 4.40. The Balaban J connectivity index is 2.10. The molecule has 2 aromatic heterocycles. The molecule has 0 bridgehead atoms. The fourth-order valence-corrected chi connectivity index (χ4v) is 3.34. The second-order valence-electron chi connectivity index (χ2n) is 6.92. The molecule has 2 N–H and O–H groups in total. The monoisotopic (exact) mass is 451 g/mol. The standard InChI is InChI=1S/C18H21N5O9/c1-7(24)21-15-12-16(20-6-19-15)23(18(28)22-12)17-14(31-10(4)27)13(30-9(3)26)11(32-17)5-29-8(2)25/h6,11,13-14,17H,5H2,1-4H3,(H,22,28)(H,19,20,21,24)/t11-,13+,14?,17-/m1/s1. The maximum atomic E-state index is 12.8. The van der Waals surface area contributed by atoms with Crippen LogP contribution in [0.2, 0.25) is 0 Å². The molecule has 0 aromatic carbocycles. The number of nitrogens with one attached hydrogen (secondary N) is 2. The van der Waals surface area contributed by atoms with E-state index in [4.69, 9.17) is 18.9 Å². The van der Waals surface area contributed by atoms with E-state index < -0.39 is 54.0 Å². The van der Waals surface area contributed by atoms with E-state index in [2.05, 4.69) is 20.3 Å². The van der Waals surface area contributed by atoms with Gasteiger partial charge in [-0.3, -0.25) is 19.2 Å². The zero-order valence-electron chi connectivity index (χ0n) is 17.6. The topological polar surface area (TPSA) is 181 Å². The van der Waals surface area contributed by atoms with Crippen LogP contribution < -0.4 is 11.0 Å². The van der Waals surface area contributed by atoms with Crippen molar-refractivity contribution in [3.8, 4) is 0 Å². The van der Waals surface area contributed by atoms with E-state index >= 15 is 0 Å². The molecule has 0 radical (unpaired) electrons. The third kappa shape index (κ3) is 4.74. The average molecular weight is 451 g/mol. The molecule has 1 amide bonds. The third-order valence-electron chi connectivity index (χ3n) is 4.40. The summed E-state index contributed by atoms with van der Waals surface area (Å²) in [7, 11) is 0. The number of ether oxygens (including phenoxy) is 4. The highest BCUT2D eigenvalue weighted by atomic mass is 16.7. The van der Waals surface area contributed by atoms with Gasteiger partial charge in [0, 0.05) is 27.7 Å². The van der Waals surface area contributed by atoms with Crippen LogP contribution >= 0.6 is 0 Å². The number of H-pyrrole nitrogens is 1. The summed E-state index contributed by atoms with van der Waals surface area (Å²) in [6.07, 6.45) is -3.69. The normalized spacial score (nSPS) is 22.4. The molecule has 1 aliphatic heterocycles. The number of imidazole rings is 1. The van der Waals surface area contributed by atoms with Gasteiger partial charge in [0.2, 0.25) is 5.91 Å². The molecule has 1 aliphatic rings. The molecule has 3 heterocycles. The van der Waals surface area contributed by atoms with E-state index in [1.54, 1.807) is 0 Å². The predicted molar refractivity (Wildman–Crippen MR) is 104 cm³/mol. The van der Waals surface area contributed by atoms with Gasteiger partial charge in [-0.15, -0.1) is 0 Å². The second-order valence-corrected chi connectivity index (χ2v) is 6.92. The van der Waals surface area contributed by atoms with Gasteiger partial charge in [0.1, 0.15) is 24.6 Å². The number of hydrogen-bond donors (Lipinski definition) is 2. The van der Waals surface area contributed by atoms with E-state index in [9.17, 15) is 24.0 Å². The van der Waals surface area contributed by atoms with Crippen LogP contribution in [0.4, 0.5) is 5.82 Å². The van der Waals surface area contributed by atoms with Crippen LogP contribution in [0, 0.1) is 0 Å². The number of esters is 3. The van der Waals surface area contributed by atoms with Crippen LogP contribution in [-0.2, 0) is 38.1 Å². The zero-order chi connectivity index (χ0) is 23.6. The first-order valence-corrected chi connectivity index (χ1v) is 9.44. The molecule has 3 rings (SSSR count). The number of hydrogen-bond acceptors (Lipinski definition) is 11. The van der Waals surface area contributed by atoms with E-state index in [1.165, 1.54) is 13.8 Å². The Labute approximate surface area is 180 Å². The fourth-order valence-electron chi connectivity index (χ4n) is 3.34. The van der Waals surface area contributed by atoms with Gasteiger partial charge in [-0.2, -0.15) is 0 Å². The Morgan fingerprint density at radius 1 is 1.06 bits per heavy atom. The summed E-state index contributed by atoms with van der Waals surface area (Å²) in [6.45, 7) is 4.40. The lowest BCUT2D eigenvalue weighted by Gasteiger charge is -2.23. The summed E-state index contributed by atoms with van der Waals surface area (Å²) in [4.78, 5) is 69.5. The van der Waals surface area contributed by atoms with Crippen molar-refractivity contribution in [2.24, 2.45) is 0 Å². The van der Waals surface area contributed by atoms with Gasteiger partial charge in [-0.25, -0.2) is 19.3 Å². The lowest BCUT2D eigenvalue weighted by Crippen LogP contribution is -2.41. The molecule has 32 heavy (non-hydrogen) atoms. The minimum absolute atomic E-state index is 0.0330. The Morgan fingerprint density at radius 3 is 2.31 bits per heavy atom. The average Bonchev–Trinajstić information content (AvgIpc) is 3.16. The van der Waals surface area contributed by atoms with Gasteiger partial charge in [-0.05, 0) is 0 Å². The molecule has 172 valence electrons. The molecular weight excluding hydrogens is 430 g/mol. The lowest BCUT2D eigenvalue weighted by molar-refractivity contribution is -0.166. The molecule has 4 atom stereocenters. The number of aromatic amines is 1. The minimum atomic E-state index is -1.30. The van der Waals surface area contributed by atoms with Crippen LogP contribution in [0.5, 0.6) is 0 Å². The maximum Gasteiger partial charge on any atom is 0.330 e. The first-order chi connectivity index (χ1) is 15.1. The molecule has 14 heteroatoms. The first kappa shape index (κ1) is 22.9. The van der Waals surface area contributed by atoms with Crippen molar-refractivity contribution in [2.75, 3.05) is 11.9 Å². The molecule has 2 aromatic rings. The van der Waals surface area contributed by atoms with E-state index in [0.717, 1.165) is 24.7 Å². The van der Waals surface area contributed by atoms with Gasteiger partial charge in [0.25, 0.3) is 0 Å². The Hall–Kier alpha value is -3.81. The molecule has 1 fully saturated rings. The van der Waals surface area contributed by atoms with Crippen LogP contribution in [-0.4, -0.2) is 68.3 Å². The highest BCUT2D eigenvalue weighted by molar-refractivity contribution is 5.95. The van der Waals surface area contributed by atoms with E-state index in [0.29, 0.717) is 0 Å². The van der Waals surface area contributed by atoms with Crippen LogP contribution in [0.3, 0.4) is 0 Å². The number of rotatable bonds is 6. The summed E-state index contributed by atoms with van der Waals surface area (Å²) in [5.41, 5.74) is -0.583. The Morgan fingerprint density at radius 2 is 1.72 bits per heavy atom. The Bertz CT molecular complexity index is 1120. The molecule has 1 unspecified atom stereocenters. The molecule has 14 nitrogen and oxygen atoms in total. The number of carbonyl (C=O) groups excluding carboxylic acids is 4. The predicted octanol–water partition coefficient (Wildman–Crippen LogP) is -0.598. The Kier molecular flexibility index (Phi) is 6.53. The van der Waals surface area contributed by atoms with Gasteiger partial charge < -0.3 is 29.2 Å². The number of amides is 1. The van der Waals surface area contributed by atoms with E-state index in [-0.39, 0.29) is 23.6 Å². The molecule has 0 saturated carbocycles. The number of aromatic nitrogens is 4. The lowest BCUT2D eigenvalue weighted by atomic mass is 10.1. The van der Waals surface area contributed by atoms with Crippen molar-refractivity contribution in [1.29, 1.82) is 0 Å². The minimum Gasteiger partial charge on any atom is -0.463 e. The highest BCUT2D eigenvalue weighted by Crippen LogP contribution is 2.35. The summed E-state index contributed by atoms with van der Waals surface area (Å²) in [5, 5.41) is 2.47. The summed E-state index contributed by atoms with van der Waals surface area (Å²) in [6, 6.07) is 0. The quantitative estimate of drug-likeness (QED) is 0.423. The summed E-state index contributed by atoms with van der Waals surface area (Å²) >= 11 is 0.